The molecule has 1 aromatic carbocycles. The Labute approximate surface area is 238 Å². The third-order valence-corrected chi connectivity index (χ3v) is 9.50. The number of aryl methyl sites for hydroxylation is 2. The van der Waals surface area contributed by atoms with Crippen LogP contribution < -0.4 is 15.4 Å². The Morgan fingerprint density at radius 1 is 0.769 bits per heavy atom. The summed E-state index contributed by atoms with van der Waals surface area (Å²) in [5.41, 5.74) is 5.84. The molecule has 0 fully saturated rings. The molecular formula is C29H54N6O3S. The number of hydrogen-bond donors (Lipinski definition) is 3. The van der Waals surface area contributed by atoms with Crippen molar-refractivity contribution >= 4 is 21.9 Å². The number of likely N-dealkylation sites (N-methyl/N-ethyl adjacent to an activating group) is 4. The minimum absolute atomic E-state index is 0.319. The molecule has 0 radical (unpaired) electrons. The summed E-state index contributed by atoms with van der Waals surface area (Å²) in [5, 5.41) is 6.20. The zero-order valence-electron chi connectivity index (χ0n) is 25.4. The zero-order valence-corrected chi connectivity index (χ0v) is 26.2. The van der Waals surface area contributed by atoms with Crippen LogP contribution in [0.5, 0.6) is 0 Å². The van der Waals surface area contributed by atoms with Gasteiger partial charge in [0.05, 0.1) is 0 Å². The van der Waals surface area contributed by atoms with Crippen LogP contribution in [-0.2, 0) is 35.9 Å². The van der Waals surface area contributed by atoms with Crippen molar-refractivity contribution in [1.82, 2.24) is 24.1 Å². The number of hydrogen-bond acceptors (Lipinski definition) is 6. The van der Waals surface area contributed by atoms with Gasteiger partial charge in [-0.15, -0.1) is 0 Å². The van der Waals surface area contributed by atoms with Crippen LogP contribution in [0.25, 0.3) is 0 Å². The molecule has 0 heterocycles. The molecule has 2 aliphatic carbocycles. The molecule has 3 N–H and O–H groups in total. The minimum Gasteiger partial charge on any atom is -0.316 e. The van der Waals surface area contributed by atoms with Crippen molar-refractivity contribution in [3.63, 3.8) is 0 Å². The first-order chi connectivity index (χ1) is 18.7. The van der Waals surface area contributed by atoms with E-state index in [1.165, 1.54) is 46.2 Å². The highest BCUT2D eigenvalue weighted by atomic mass is 32.2. The molecule has 0 aromatic heterocycles. The van der Waals surface area contributed by atoms with E-state index in [2.05, 4.69) is 65.8 Å². The monoisotopic (exact) mass is 566 g/mol. The first-order valence-corrected chi connectivity index (χ1v) is 16.6. The standard InChI is InChI=1S/C21H34N4O3S.C8H20N2/c1-4-24(5-2)13-14-25(6-3)29(27,28)23-21(26)22-20-18-11-7-9-16(18)15-17-10-8-12-19(17)20;1-4-9-7-8-10(5-2)6-3/h15H,4-14H2,1-3H3,(H2,22,23,26);9H,4-8H2,1-3H3. The Morgan fingerprint density at radius 3 is 1.79 bits per heavy atom. The lowest BCUT2D eigenvalue weighted by Crippen LogP contribution is -2.47. The van der Waals surface area contributed by atoms with Gasteiger partial charge in [-0.1, -0.05) is 47.6 Å². The highest BCUT2D eigenvalue weighted by Crippen LogP contribution is 2.38. The maximum absolute atomic E-state index is 12.8. The van der Waals surface area contributed by atoms with E-state index >= 15 is 0 Å². The number of urea groups is 1. The molecule has 224 valence electrons. The first kappa shape index (κ1) is 33.5. The van der Waals surface area contributed by atoms with Crippen LogP contribution in [-0.4, -0.2) is 94.0 Å². The summed E-state index contributed by atoms with van der Waals surface area (Å²) in [6.07, 6.45) is 6.12. The lowest BCUT2D eigenvalue weighted by atomic mass is 9.99. The van der Waals surface area contributed by atoms with E-state index in [1.54, 1.807) is 6.92 Å². The Morgan fingerprint density at radius 2 is 1.31 bits per heavy atom. The molecule has 0 unspecified atom stereocenters. The van der Waals surface area contributed by atoms with Crippen LogP contribution in [0.1, 0.15) is 76.6 Å². The topological polar surface area (TPSA) is 97.0 Å². The van der Waals surface area contributed by atoms with Gasteiger partial charge in [0.25, 0.3) is 0 Å². The number of anilines is 1. The molecule has 10 heteroatoms. The smallest absolute Gasteiger partial charge is 0.316 e. The van der Waals surface area contributed by atoms with Gasteiger partial charge >= 0.3 is 16.2 Å². The number of benzene rings is 1. The largest absolute Gasteiger partial charge is 0.333 e. The number of nitrogens with zero attached hydrogens (tertiary/aromatic N) is 3. The summed E-state index contributed by atoms with van der Waals surface area (Å²) >= 11 is 0. The van der Waals surface area contributed by atoms with Crippen molar-refractivity contribution in [2.75, 3.05) is 70.8 Å². The van der Waals surface area contributed by atoms with E-state index in [-0.39, 0.29) is 0 Å². The Balaban J connectivity index is 0.000000455. The molecule has 39 heavy (non-hydrogen) atoms. The molecule has 0 saturated carbocycles. The average Bonchev–Trinajstić information content (AvgIpc) is 3.59. The zero-order chi connectivity index (χ0) is 28.8. The van der Waals surface area contributed by atoms with E-state index in [1.807, 2.05) is 0 Å². The van der Waals surface area contributed by atoms with Gasteiger partial charge in [0.1, 0.15) is 0 Å². The van der Waals surface area contributed by atoms with E-state index in [9.17, 15) is 13.2 Å². The van der Waals surface area contributed by atoms with E-state index in [0.29, 0.717) is 19.6 Å². The third kappa shape index (κ3) is 10.0. The molecule has 0 saturated heterocycles. The van der Waals surface area contributed by atoms with Crippen LogP contribution in [0.4, 0.5) is 10.5 Å². The highest BCUT2D eigenvalue weighted by Gasteiger charge is 2.27. The van der Waals surface area contributed by atoms with Gasteiger partial charge in [-0.2, -0.15) is 12.7 Å². The summed E-state index contributed by atoms with van der Waals surface area (Å²) in [7, 11) is -3.89. The SMILES string of the molecule is CCN(CC)CCN(CC)S(=O)(=O)NC(=O)Nc1c2c(cc3c1CCC3)CCC2.CCNCCN(CC)CC. The predicted octanol–water partition coefficient (Wildman–Crippen LogP) is 3.63. The van der Waals surface area contributed by atoms with E-state index in [0.717, 1.165) is 70.4 Å². The fourth-order valence-electron chi connectivity index (χ4n) is 5.48. The third-order valence-electron chi connectivity index (χ3n) is 7.94. The van der Waals surface area contributed by atoms with Crippen molar-refractivity contribution in [3.05, 3.63) is 28.3 Å². The Kier molecular flexibility index (Phi) is 14.7. The van der Waals surface area contributed by atoms with Gasteiger partial charge < -0.3 is 20.4 Å². The molecule has 9 nitrogen and oxygen atoms in total. The van der Waals surface area contributed by atoms with Gasteiger partial charge in [-0.3, -0.25) is 0 Å². The van der Waals surface area contributed by atoms with E-state index in [4.69, 9.17) is 0 Å². The van der Waals surface area contributed by atoms with E-state index < -0.39 is 16.2 Å². The first-order valence-electron chi connectivity index (χ1n) is 15.1. The number of amides is 2. The van der Waals surface area contributed by atoms with Gasteiger partial charge in [0, 0.05) is 38.4 Å². The quantitative estimate of drug-likeness (QED) is 0.281. The lowest BCUT2D eigenvalue weighted by molar-refractivity contribution is 0.254. The Hall–Kier alpha value is -1.72. The maximum atomic E-state index is 12.8. The fourth-order valence-corrected chi connectivity index (χ4v) is 6.56. The van der Waals surface area contributed by atoms with Crippen LogP contribution in [0.15, 0.2) is 6.07 Å². The number of rotatable bonds is 15. The van der Waals surface area contributed by atoms with Crippen molar-refractivity contribution in [1.29, 1.82) is 0 Å². The molecule has 3 rings (SSSR count). The van der Waals surface area contributed by atoms with Crippen molar-refractivity contribution in [2.45, 2.75) is 80.1 Å². The molecule has 2 aliphatic rings. The summed E-state index contributed by atoms with van der Waals surface area (Å²) in [6.45, 7) is 21.2. The molecule has 0 bridgehead atoms. The van der Waals surface area contributed by atoms with Gasteiger partial charge in [0.2, 0.25) is 0 Å². The lowest BCUT2D eigenvalue weighted by Gasteiger charge is -2.25. The Bertz CT molecular complexity index is 961. The number of carbonyl (C=O) groups is 1. The van der Waals surface area contributed by atoms with Gasteiger partial charge in [-0.05, 0) is 93.5 Å². The summed E-state index contributed by atoms with van der Waals surface area (Å²) in [5.74, 6) is 0. The highest BCUT2D eigenvalue weighted by molar-refractivity contribution is 7.87. The molecule has 2 amide bonds. The van der Waals surface area contributed by atoms with Crippen LogP contribution in [0.3, 0.4) is 0 Å². The molecule has 0 atom stereocenters. The minimum atomic E-state index is -3.89. The number of fused-ring (bicyclic) bond motifs is 2. The van der Waals surface area contributed by atoms with Crippen LogP contribution in [0, 0.1) is 0 Å². The van der Waals surface area contributed by atoms with Crippen LogP contribution >= 0.6 is 0 Å². The second-order valence-electron chi connectivity index (χ2n) is 10.2. The predicted molar refractivity (Wildman–Crippen MR) is 163 cm³/mol. The average molecular weight is 567 g/mol. The van der Waals surface area contributed by atoms with Gasteiger partial charge in [0.15, 0.2) is 0 Å². The summed E-state index contributed by atoms with van der Waals surface area (Å²) in [6, 6.07) is 1.62. The molecule has 0 spiro atoms. The summed E-state index contributed by atoms with van der Waals surface area (Å²) < 4.78 is 29.1. The van der Waals surface area contributed by atoms with Crippen LogP contribution in [0.2, 0.25) is 0 Å². The van der Waals surface area contributed by atoms with Crippen molar-refractivity contribution in [3.8, 4) is 0 Å². The van der Waals surface area contributed by atoms with Gasteiger partial charge in [-0.25, -0.2) is 9.52 Å². The van der Waals surface area contributed by atoms with Crippen molar-refractivity contribution < 1.29 is 13.2 Å². The summed E-state index contributed by atoms with van der Waals surface area (Å²) in [4.78, 5) is 17.2. The number of carbonyl (C=O) groups excluding carboxylic acids is 1. The maximum Gasteiger partial charge on any atom is 0.333 e. The fraction of sp³-hybridized carbons (Fsp3) is 0.759. The normalized spacial score (nSPS) is 14.4. The second-order valence-corrected chi connectivity index (χ2v) is 11.9. The molecule has 1 aromatic rings. The number of nitrogens with one attached hydrogen (secondary N) is 3. The molecular weight excluding hydrogens is 512 g/mol. The van der Waals surface area contributed by atoms with Crippen molar-refractivity contribution in [2.24, 2.45) is 0 Å². The molecule has 0 aliphatic heterocycles. The second kappa shape index (κ2) is 17.2.